The Labute approximate surface area is 108 Å². The van der Waals surface area contributed by atoms with Gasteiger partial charge in [0.15, 0.2) is 5.78 Å². The van der Waals surface area contributed by atoms with Crippen LogP contribution in [0.4, 0.5) is 0 Å². The quantitative estimate of drug-likeness (QED) is 0.832. The van der Waals surface area contributed by atoms with Crippen molar-refractivity contribution in [2.45, 2.75) is 31.8 Å². The summed E-state index contributed by atoms with van der Waals surface area (Å²) >= 11 is 0. The summed E-state index contributed by atoms with van der Waals surface area (Å²) in [6, 6.07) is 9.41. The lowest BCUT2D eigenvalue weighted by atomic mass is 9.98. The molecule has 0 amide bonds. The van der Waals surface area contributed by atoms with Crippen molar-refractivity contribution < 1.29 is 9.90 Å². The molecule has 3 heteroatoms. The van der Waals surface area contributed by atoms with Crippen LogP contribution < -0.4 is 0 Å². The van der Waals surface area contributed by atoms with E-state index in [-0.39, 0.29) is 5.78 Å². The molecule has 1 aromatic rings. The number of Topliss-reactive ketones (excluding diaryl/α,β-unsaturated/α-hetero) is 1. The van der Waals surface area contributed by atoms with Gasteiger partial charge in [0.1, 0.15) is 0 Å². The fourth-order valence-corrected chi connectivity index (χ4v) is 2.40. The molecule has 1 saturated heterocycles. The van der Waals surface area contributed by atoms with Crippen molar-refractivity contribution in [2.75, 3.05) is 19.6 Å². The molecule has 0 saturated carbocycles. The Morgan fingerprint density at radius 2 is 2.00 bits per heavy atom. The Kier molecular flexibility index (Phi) is 4.15. The van der Waals surface area contributed by atoms with Crippen LogP contribution in [0.15, 0.2) is 30.3 Å². The highest BCUT2D eigenvalue weighted by Gasteiger charge is 2.25. The van der Waals surface area contributed by atoms with Crippen molar-refractivity contribution in [1.82, 2.24) is 4.90 Å². The van der Waals surface area contributed by atoms with E-state index in [1.807, 2.05) is 37.3 Å². The Bertz CT molecular complexity index is 400. The minimum atomic E-state index is -0.565. The molecule has 1 aliphatic rings. The maximum Gasteiger partial charge on any atom is 0.176 e. The van der Waals surface area contributed by atoms with E-state index in [0.717, 1.165) is 37.9 Å². The van der Waals surface area contributed by atoms with E-state index in [9.17, 15) is 9.90 Å². The fourth-order valence-electron chi connectivity index (χ4n) is 2.40. The minimum absolute atomic E-state index is 0.164. The summed E-state index contributed by atoms with van der Waals surface area (Å²) in [5, 5.41) is 10.0. The maximum absolute atomic E-state index is 12.1. The van der Waals surface area contributed by atoms with Gasteiger partial charge in [0.05, 0.1) is 12.1 Å². The van der Waals surface area contributed by atoms with Gasteiger partial charge in [-0.25, -0.2) is 0 Å². The van der Waals surface area contributed by atoms with E-state index in [1.165, 1.54) is 0 Å². The molecule has 1 heterocycles. The second kappa shape index (κ2) is 5.63. The van der Waals surface area contributed by atoms with E-state index in [2.05, 4.69) is 4.90 Å². The van der Waals surface area contributed by atoms with Crippen LogP contribution >= 0.6 is 0 Å². The molecular formula is C15H21NO2. The molecule has 0 spiro atoms. The first-order valence-electron chi connectivity index (χ1n) is 6.60. The number of aliphatic hydroxyl groups is 1. The van der Waals surface area contributed by atoms with Gasteiger partial charge < -0.3 is 5.11 Å². The van der Waals surface area contributed by atoms with Gasteiger partial charge >= 0.3 is 0 Å². The molecule has 18 heavy (non-hydrogen) atoms. The van der Waals surface area contributed by atoms with Crippen molar-refractivity contribution >= 4 is 5.78 Å². The number of rotatable bonds is 3. The summed E-state index contributed by atoms with van der Waals surface area (Å²) in [5.41, 5.74) is 0.207. The van der Waals surface area contributed by atoms with Gasteiger partial charge in [0, 0.05) is 12.1 Å². The second-order valence-corrected chi connectivity index (χ2v) is 5.42. The number of ketones is 1. The molecule has 1 fully saturated rings. The Hall–Kier alpha value is -1.19. The molecule has 3 nitrogen and oxygen atoms in total. The molecule has 0 radical (unpaired) electrons. The zero-order valence-electron chi connectivity index (χ0n) is 10.9. The predicted molar refractivity (Wildman–Crippen MR) is 71.7 cm³/mol. The van der Waals surface area contributed by atoms with Crippen LogP contribution in [0.5, 0.6) is 0 Å². The highest BCUT2D eigenvalue weighted by atomic mass is 16.3. The van der Waals surface area contributed by atoms with Crippen LogP contribution in [0.25, 0.3) is 0 Å². The summed E-state index contributed by atoms with van der Waals surface area (Å²) in [6.45, 7) is 4.04. The summed E-state index contributed by atoms with van der Waals surface area (Å²) < 4.78 is 0. The first-order chi connectivity index (χ1) is 8.57. The minimum Gasteiger partial charge on any atom is -0.390 e. The number of likely N-dealkylation sites (tertiary alicyclic amines) is 1. The largest absolute Gasteiger partial charge is 0.390 e. The molecule has 2 rings (SSSR count). The molecular weight excluding hydrogens is 226 g/mol. The van der Waals surface area contributed by atoms with Crippen molar-refractivity contribution in [3.63, 3.8) is 0 Å². The lowest BCUT2D eigenvalue weighted by Gasteiger charge is -2.21. The van der Waals surface area contributed by atoms with Crippen LogP contribution in [0, 0.1) is 0 Å². The number of carbonyl (C=O) groups is 1. The van der Waals surface area contributed by atoms with Crippen molar-refractivity contribution in [1.29, 1.82) is 0 Å². The molecule has 1 atom stereocenters. The van der Waals surface area contributed by atoms with Gasteiger partial charge in [0.25, 0.3) is 0 Å². The topological polar surface area (TPSA) is 40.5 Å². The third kappa shape index (κ3) is 3.65. The normalized spacial score (nSPS) is 25.7. The maximum atomic E-state index is 12.1. The summed E-state index contributed by atoms with van der Waals surface area (Å²) in [7, 11) is 0. The fraction of sp³-hybridized carbons (Fsp3) is 0.533. The zero-order chi connectivity index (χ0) is 13.0. The van der Waals surface area contributed by atoms with Gasteiger partial charge in [-0.1, -0.05) is 30.3 Å². The SMILES string of the molecule is CC1(O)CCCN(CC(=O)c2ccccc2)CC1. The van der Waals surface area contributed by atoms with E-state index in [0.29, 0.717) is 6.54 Å². The van der Waals surface area contributed by atoms with Crippen molar-refractivity contribution in [3.8, 4) is 0 Å². The predicted octanol–water partition coefficient (Wildman–Crippen LogP) is 2.11. The smallest absolute Gasteiger partial charge is 0.176 e. The van der Waals surface area contributed by atoms with Crippen LogP contribution in [0.1, 0.15) is 36.5 Å². The average molecular weight is 247 g/mol. The van der Waals surface area contributed by atoms with E-state index < -0.39 is 5.60 Å². The van der Waals surface area contributed by atoms with Gasteiger partial charge in [0.2, 0.25) is 0 Å². The van der Waals surface area contributed by atoms with Gasteiger partial charge in [-0.05, 0) is 32.7 Å². The molecule has 0 aromatic heterocycles. The van der Waals surface area contributed by atoms with Crippen LogP contribution in [-0.4, -0.2) is 41.0 Å². The monoisotopic (exact) mass is 247 g/mol. The third-order valence-corrected chi connectivity index (χ3v) is 3.62. The Morgan fingerprint density at radius 1 is 1.28 bits per heavy atom. The second-order valence-electron chi connectivity index (χ2n) is 5.42. The molecule has 0 bridgehead atoms. The molecule has 0 aliphatic carbocycles. The summed E-state index contributed by atoms with van der Waals surface area (Å²) in [6.07, 6.45) is 2.52. The Balaban J connectivity index is 1.92. The molecule has 1 aromatic carbocycles. The van der Waals surface area contributed by atoms with Crippen molar-refractivity contribution in [3.05, 3.63) is 35.9 Å². The van der Waals surface area contributed by atoms with Gasteiger partial charge in [-0.15, -0.1) is 0 Å². The number of hydrogen-bond acceptors (Lipinski definition) is 3. The molecule has 1 unspecified atom stereocenters. The standard InChI is InChI=1S/C15H21NO2/c1-15(18)8-5-10-16(11-9-15)12-14(17)13-6-3-2-4-7-13/h2-4,6-7,18H,5,8-12H2,1H3. The van der Waals surface area contributed by atoms with E-state index >= 15 is 0 Å². The zero-order valence-corrected chi connectivity index (χ0v) is 10.9. The highest BCUT2D eigenvalue weighted by molar-refractivity contribution is 5.97. The van der Waals surface area contributed by atoms with E-state index in [1.54, 1.807) is 0 Å². The van der Waals surface area contributed by atoms with Crippen LogP contribution in [-0.2, 0) is 0 Å². The van der Waals surface area contributed by atoms with E-state index in [4.69, 9.17) is 0 Å². The van der Waals surface area contributed by atoms with Gasteiger partial charge in [-0.2, -0.15) is 0 Å². The lowest BCUT2D eigenvalue weighted by Crippen LogP contribution is -2.32. The Morgan fingerprint density at radius 3 is 2.72 bits per heavy atom. The summed E-state index contributed by atoms with van der Waals surface area (Å²) in [4.78, 5) is 14.2. The lowest BCUT2D eigenvalue weighted by molar-refractivity contribution is 0.0444. The highest BCUT2D eigenvalue weighted by Crippen LogP contribution is 2.21. The molecule has 98 valence electrons. The average Bonchev–Trinajstić information content (AvgIpc) is 2.52. The van der Waals surface area contributed by atoms with Crippen molar-refractivity contribution in [2.24, 2.45) is 0 Å². The molecule has 1 aliphatic heterocycles. The number of nitrogens with zero attached hydrogens (tertiary/aromatic N) is 1. The third-order valence-electron chi connectivity index (χ3n) is 3.62. The first kappa shape index (κ1) is 13.2. The number of hydrogen-bond donors (Lipinski definition) is 1. The summed E-state index contributed by atoms with van der Waals surface area (Å²) in [5.74, 6) is 0.164. The van der Waals surface area contributed by atoms with Crippen LogP contribution in [0.3, 0.4) is 0 Å². The first-order valence-corrected chi connectivity index (χ1v) is 6.60. The van der Waals surface area contributed by atoms with Gasteiger partial charge in [-0.3, -0.25) is 9.69 Å². The molecule has 1 N–H and O–H groups in total. The van der Waals surface area contributed by atoms with Crippen LogP contribution in [0.2, 0.25) is 0 Å². The number of carbonyl (C=O) groups excluding carboxylic acids is 1. The number of benzene rings is 1.